The lowest BCUT2D eigenvalue weighted by Crippen LogP contribution is -2.14. The van der Waals surface area contributed by atoms with Gasteiger partial charge in [-0.2, -0.15) is 5.10 Å². The summed E-state index contributed by atoms with van der Waals surface area (Å²) in [5, 5.41) is 15.7. The van der Waals surface area contributed by atoms with Gasteiger partial charge in [-0.25, -0.2) is 0 Å². The molecule has 1 rings (SSSR count). The number of rotatable bonds is 2. The first-order valence-corrected chi connectivity index (χ1v) is 3.96. The first-order valence-electron chi connectivity index (χ1n) is 3.96. The second-order valence-corrected chi connectivity index (χ2v) is 3.09. The van der Waals surface area contributed by atoms with Crippen molar-refractivity contribution in [1.29, 1.82) is 0 Å². The van der Waals surface area contributed by atoms with Gasteiger partial charge in [-0.15, -0.1) is 0 Å². The van der Waals surface area contributed by atoms with Crippen molar-refractivity contribution in [2.24, 2.45) is 12.2 Å². The summed E-state index contributed by atoms with van der Waals surface area (Å²) in [6.07, 6.45) is 1.40. The Kier molecular flexibility index (Phi) is 2.55. The van der Waals surface area contributed by atoms with Gasteiger partial charge in [0, 0.05) is 21.1 Å². The molecular weight excluding hydrogens is 168 g/mol. The first-order chi connectivity index (χ1) is 6.07. The molecule has 0 aliphatic heterocycles. The van der Waals surface area contributed by atoms with Crippen molar-refractivity contribution in [2.75, 3.05) is 19.0 Å². The minimum atomic E-state index is 0.843. The summed E-state index contributed by atoms with van der Waals surface area (Å²) in [6.45, 7) is 1.88. The highest BCUT2D eigenvalue weighted by atomic mass is 16.4. The van der Waals surface area contributed by atoms with Crippen molar-refractivity contribution in [3.63, 3.8) is 0 Å². The van der Waals surface area contributed by atoms with E-state index in [9.17, 15) is 0 Å². The Morgan fingerprint density at radius 2 is 2.15 bits per heavy atom. The summed E-state index contributed by atoms with van der Waals surface area (Å²) in [5.74, 6) is 0.926. The van der Waals surface area contributed by atoms with E-state index >= 15 is 0 Å². The zero-order valence-electron chi connectivity index (χ0n) is 8.31. The molecule has 1 aromatic heterocycles. The van der Waals surface area contributed by atoms with Gasteiger partial charge in [0.2, 0.25) is 0 Å². The Bertz CT molecular complexity index is 327. The monoisotopic (exact) mass is 182 g/mol. The molecule has 0 bridgehead atoms. The second kappa shape index (κ2) is 3.47. The zero-order valence-corrected chi connectivity index (χ0v) is 8.31. The molecule has 5 heteroatoms. The molecule has 13 heavy (non-hydrogen) atoms. The minimum absolute atomic E-state index is 0.843. The molecule has 1 N–H and O–H groups in total. The van der Waals surface area contributed by atoms with Crippen LogP contribution in [0.5, 0.6) is 0 Å². The normalized spacial score (nSPS) is 11.1. The molecule has 0 fully saturated rings. The highest BCUT2D eigenvalue weighted by Crippen LogP contribution is 2.18. The number of nitrogens with zero attached hydrogens (tertiary/aromatic N) is 4. The highest BCUT2D eigenvalue weighted by Gasteiger charge is 2.12. The van der Waals surface area contributed by atoms with Gasteiger partial charge < -0.3 is 10.1 Å². The van der Waals surface area contributed by atoms with Crippen molar-refractivity contribution in [2.45, 2.75) is 6.92 Å². The molecule has 0 unspecified atom stereocenters. The fourth-order valence-corrected chi connectivity index (χ4v) is 1.40. The van der Waals surface area contributed by atoms with Crippen LogP contribution in [0.25, 0.3) is 0 Å². The number of aromatic nitrogens is 2. The fourth-order valence-electron chi connectivity index (χ4n) is 1.40. The van der Waals surface area contributed by atoms with E-state index in [0.717, 1.165) is 17.1 Å². The van der Waals surface area contributed by atoms with Crippen molar-refractivity contribution in [3.05, 3.63) is 11.3 Å². The third-order valence-corrected chi connectivity index (χ3v) is 1.85. The Labute approximate surface area is 77.3 Å². The van der Waals surface area contributed by atoms with Crippen LogP contribution in [-0.2, 0) is 7.05 Å². The zero-order chi connectivity index (χ0) is 10.0. The van der Waals surface area contributed by atoms with E-state index in [1.54, 1.807) is 4.68 Å². The summed E-state index contributed by atoms with van der Waals surface area (Å²) in [4.78, 5) is 1.93. The molecule has 0 amide bonds. The summed E-state index contributed by atoms with van der Waals surface area (Å²) >= 11 is 0. The molecule has 0 spiro atoms. The van der Waals surface area contributed by atoms with Crippen molar-refractivity contribution in [1.82, 2.24) is 9.78 Å². The minimum Gasteiger partial charge on any atom is -0.411 e. The Hall–Kier alpha value is -1.52. The topological polar surface area (TPSA) is 53.7 Å². The maximum atomic E-state index is 8.47. The van der Waals surface area contributed by atoms with E-state index in [-0.39, 0.29) is 0 Å². The number of anilines is 1. The summed E-state index contributed by atoms with van der Waals surface area (Å²) in [6, 6.07) is 0. The number of oxime groups is 1. The van der Waals surface area contributed by atoms with Crippen LogP contribution in [0.4, 0.5) is 5.82 Å². The Balaban J connectivity index is 3.29. The molecule has 0 atom stereocenters. The number of hydrogen-bond acceptors (Lipinski definition) is 4. The fraction of sp³-hybridized carbons (Fsp3) is 0.500. The maximum absolute atomic E-state index is 8.47. The van der Waals surface area contributed by atoms with E-state index in [4.69, 9.17) is 5.21 Å². The standard InChI is InChI=1S/C8H14N4O/c1-6-7(5-9-13)8(11(2)3)12(4)10-6/h5,13H,1-4H3/b9-5+. The van der Waals surface area contributed by atoms with Gasteiger partial charge >= 0.3 is 0 Å². The largest absolute Gasteiger partial charge is 0.411 e. The molecule has 0 aromatic carbocycles. The summed E-state index contributed by atoms with van der Waals surface area (Å²) < 4.78 is 1.76. The Morgan fingerprint density at radius 1 is 1.54 bits per heavy atom. The number of aryl methyl sites for hydroxylation is 2. The van der Waals surface area contributed by atoms with Crippen LogP contribution in [-0.4, -0.2) is 35.3 Å². The molecule has 1 aromatic rings. The van der Waals surface area contributed by atoms with Crippen molar-refractivity contribution in [3.8, 4) is 0 Å². The predicted octanol–water partition coefficient (Wildman–Crippen LogP) is 0.603. The van der Waals surface area contributed by atoms with Gasteiger partial charge in [0.05, 0.1) is 17.5 Å². The molecule has 0 saturated carbocycles. The first kappa shape index (κ1) is 9.57. The van der Waals surface area contributed by atoms with E-state index in [0.29, 0.717) is 0 Å². The van der Waals surface area contributed by atoms with Crippen LogP contribution in [0.3, 0.4) is 0 Å². The van der Waals surface area contributed by atoms with E-state index < -0.39 is 0 Å². The van der Waals surface area contributed by atoms with Crippen LogP contribution < -0.4 is 4.90 Å². The van der Waals surface area contributed by atoms with Gasteiger partial charge in [0.25, 0.3) is 0 Å². The predicted molar refractivity (Wildman–Crippen MR) is 51.7 cm³/mol. The van der Waals surface area contributed by atoms with Crippen LogP contribution in [0.1, 0.15) is 11.3 Å². The second-order valence-electron chi connectivity index (χ2n) is 3.09. The van der Waals surface area contributed by atoms with E-state index in [1.807, 2.05) is 33.0 Å². The smallest absolute Gasteiger partial charge is 0.135 e. The Morgan fingerprint density at radius 3 is 2.62 bits per heavy atom. The van der Waals surface area contributed by atoms with Gasteiger partial charge in [-0.3, -0.25) is 4.68 Å². The average molecular weight is 182 g/mol. The molecule has 0 aliphatic rings. The van der Waals surface area contributed by atoms with Crippen LogP contribution in [0.15, 0.2) is 5.16 Å². The molecule has 0 aliphatic carbocycles. The van der Waals surface area contributed by atoms with Crippen molar-refractivity contribution >= 4 is 12.0 Å². The number of hydrogen-bond donors (Lipinski definition) is 1. The summed E-state index contributed by atoms with van der Waals surface area (Å²) in [5.41, 5.74) is 1.69. The molecule has 0 radical (unpaired) electrons. The quantitative estimate of drug-likeness (QED) is 0.414. The molecular formula is C8H14N4O. The SMILES string of the molecule is Cc1nn(C)c(N(C)C)c1/C=N/O. The van der Waals surface area contributed by atoms with Gasteiger partial charge in [0.1, 0.15) is 5.82 Å². The summed E-state index contributed by atoms with van der Waals surface area (Å²) in [7, 11) is 5.70. The third-order valence-electron chi connectivity index (χ3n) is 1.85. The lowest BCUT2D eigenvalue weighted by Gasteiger charge is -2.13. The third kappa shape index (κ3) is 1.63. The van der Waals surface area contributed by atoms with Gasteiger partial charge in [-0.05, 0) is 6.92 Å². The van der Waals surface area contributed by atoms with E-state index in [2.05, 4.69) is 10.3 Å². The van der Waals surface area contributed by atoms with Gasteiger partial charge in [-0.1, -0.05) is 5.16 Å². The van der Waals surface area contributed by atoms with Crippen LogP contribution in [0, 0.1) is 6.92 Å². The molecule has 72 valence electrons. The maximum Gasteiger partial charge on any atom is 0.135 e. The molecule has 5 nitrogen and oxygen atoms in total. The van der Waals surface area contributed by atoms with Crippen LogP contribution in [0.2, 0.25) is 0 Å². The van der Waals surface area contributed by atoms with Crippen molar-refractivity contribution < 1.29 is 5.21 Å². The lowest BCUT2D eigenvalue weighted by atomic mass is 10.2. The highest BCUT2D eigenvalue weighted by molar-refractivity contribution is 5.87. The lowest BCUT2D eigenvalue weighted by molar-refractivity contribution is 0.322. The van der Waals surface area contributed by atoms with E-state index in [1.165, 1.54) is 6.21 Å². The van der Waals surface area contributed by atoms with Gasteiger partial charge in [0.15, 0.2) is 0 Å². The average Bonchev–Trinajstić information content (AvgIpc) is 2.27. The molecule has 0 saturated heterocycles. The molecule has 1 heterocycles. The van der Waals surface area contributed by atoms with Crippen LogP contribution >= 0.6 is 0 Å².